The van der Waals surface area contributed by atoms with Crippen molar-refractivity contribution in [1.82, 2.24) is 15.0 Å². The van der Waals surface area contributed by atoms with Crippen molar-refractivity contribution in [2.75, 3.05) is 23.8 Å². The summed E-state index contributed by atoms with van der Waals surface area (Å²) in [5.74, 6) is 1.68. The minimum Gasteiger partial charge on any atom is -0.374 e. The van der Waals surface area contributed by atoms with Crippen molar-refractivity contribution in [1.29, 1.82) is 0 Å². The van der Waals surface area contributed by atoms with Gasteiger partial charge in [0, 0.05) is 6.54 Å². The summed E-state index contributed by atoms with van der Waals surface area (Å²) >= 11 is 0. The molecule has 3 rings (SSSR count). The topological polar surface area (TPSA) is 77.2 Å². The summed E-state index contributed by atoms with van der Waals surface area (Å²) < 4.78 is 5.77. The third kappa shape index (κ3) is 1.93. The predicted molar refractivity (Wildman–Crippen MR) is 63.7 cm³/mol. The van der Waals surface area contributed by atoms with Crippen LogP contribution in [0.2, 0.25) is 0 Å². The number of nitrogen functional groups attached to an aromatic ring is 1. The lowest BCUT2D eigenvalue weighted by molar-refractivity contribution is 0.0249. The highest BCUT2D eigenvalue weighted by Crippen LogP contribution is 2.31. The highest BCUT2D eigenvalue weighted by molar-refractivity contribution is 5.37. The van der Waals surface area contributed by atoms with Gasteiger partial charge >= 0.3 is 0 Å². The fourth-order valence-corrected chi connectivity index (χ4v) is 2.79. The van der Waals surface area contributed by atoms with Crippen LogP contribution in [-0.4, -0.2) is 40.2 Å². The van der Waals surface area contributed by atoms with E-state index in [2.05, 4.69) is 19.9 Å². The standard InChI is InChI=1S/C11H17N5O/c1-7-13-10(12)15-11(14-7)16-5-6-17-9-4-2-3-8(9)16/h8-9H,2-6H2,1H3,(H2,12,13,14,15). The van der Waals surface area contributed by atoms with Gasteiger partial charge in [-0.3, -0.25) is 0 Å². The van der Waals surface area contributed by atoms with E-state index in [1.165, 1.54) is 6.42 Å². The van der Waals surface area contributed by atoms with E-state index in [0.29, 0.717) is 29.9 Å². The third-order valence-electron chi connectivity index (χ3n) is 3.49. The van der Waals surface area contributed by atoms with E-state index in [9.17, 15) is 0 Å². The molecule has 2 N–H and O–H groups in total. The molecule has 6 nitrogen and oxygen atoms in total. The second-order valence-electron chi connectivity index (χ2n) is 4.64. The Kier molecular flexibility index (Phi) is 2.58. The number of aryl methyl sites for hydroxylation is 1. The third-order valence-corrected chi connectivity index (χ3v) is 3.49. The van der Waals surface area contributed by atoms with Crippen LogP contribution in [0.5, 0.6) is 0 Å². The molecule has 2 heterocycles. The number of morpholine rings is 1. The first-order chi connectivity index (χ1) is 8.24. The molecule has 6 heteroatoms. The molecule has 17 heavy (non-hydrogen) atoms. The summed E-state index contributed by atoms with van der Waals surface area (Å²) in [6.07, 6.45) is 3.84. The van der Waals surface area contributed by atoms with Gasteiger partial charge in [-0.25, -0.2) is 0 Å². The molecule has 0 spiro atoms. The summed E-state index contributed by atoms with van der Waals surface area (Å²) in [7, 11) is 0. The summed E-state index contributed by atoms with van der Waals surface area (Å²) in [4.78, 5) is 14.9. The van der Waals surface area contributed by atoms with E-state index in [0.717, 1.165) is 26.0 Å². The van der Waals surface area contributed by atoms with E-state index < -0.39 is 0 Å². The molecular weight excluding hydrogens is 218 g/mol. The van der Waals surface area contributed by atoms with Gasteiger partial charge in [0.05, 0.1) is 18.8 Å². The molecule has 0 amide bonds. The molecular formula is C11H17N5O. The number of nitrogens with zero attached hydrogens (tertiary/aromatic N) is 4. The Labute approximate surface area is 100 Å². The SMILES string of the molecule is Cc1nc(N)nc(N2CCOC3CCCC32)n1. The number of nitrogens with two attached hydrogens (primary N) is 1. The van der Waals surface area contributed by atoms with Gasteiger partial charge in [-0.2, -0.15) is 15.0 Å². The molecule has 2 aliphatic rings. The van der Waals surface area contributed by atoms with Crippen molar-refractivity contribution < 1.29 is 4.74 Å². The molecule has 92 valence electrons. The van der Waals surface area contributed by atoms with Crippen LogP contribution in [0.15, 0.2) is 0 Å². The minimum atomic E-state index is 0.300. The fraction of sp³-hybridized carbons (Fsp3) is 0.727. The zero-order valence-electron chi connectivity index (χ0n) is 9.96. The Balaban J connectivity index is 1.91. The van der Waals surface area contributed by atoms with E-state index >= 15 is 0 Å². The van der Waals surface area contributed by atoms with E-state index in [-0.39, 0.29) is 0 Å². The first-order valence-corrected chi connectivity index (χ1v) is 6.10. The van der Waals surface area contributed by atoms with Crippen molar-refractivity contribution in [2.24, 2.45) is 0 Å². The number of anilines is 2. The van der Waals surface area contributed by atoms with Crippen molar-refractivity contribution in [3.8, 4) is 0 Å². The van der Waals surface area contributed by atoms with Crippen molar-refractivity contribution >= 4 is 11.9 Å². The Morgan fingerprint density at radius 1 is 1.29 bits per heavy atom. The molecule has 0 bridgehead atoms. The Bertz CT molecular complexity index is 404. The van der Waals surface area contributed by atoms with E-state index in [1.807, 2.05) is 6.92 Å². The highest BCUT2D eigenvalue weighted by Gasteiger charge is 2.37. The summed E-state index contributed by atoms with van der Waals surface area (Å²) in [5, 5.41) is 0. The summed E-state index contributed by atoms with van der Waals surface area (Å²) in [6.45, 7) is 3.42. The predicted octanol–water partition coefficient (Wildman–Crippen LogP) is 0.520. The Morgan fingerprint density at radius 3 is 3.00 bits per heavy atom. The van der Waals surface area contributed by atoms with Gasteiger partial charge in [0.25, 0.3) is 0 Å². The van der Waals surface area contributed by atoms with Crippen molar-refractivity contribution in [3.05, 3.63) is 5.82 Å². The van der Waals surface area contributed by atoms with Crippen LogP contribution in [0.25, 0.3) is 0 Å². The zero-order chi connectivity index (χ0) is 11.8. The molecule has 1 aliphatic heterocycles. The van der Waals surface area contributed by atoms with Crippen LogP contribution in [0.4, 0.5) is 11.9 Å². The maximum absolute atomic E-state index is 5.77. The molecule has 1 aromatic rings. The normalized spacial score (nSPS) is 28.2. The van der Waals surface area contributed by atoms with Crippen LogP contribution >= 0.6 is 0 Å². The molecule has 0 radical (unpaired) electrons. The zero-order valence-corrected chi connectivity index (χ0v) is 9.96. The van der Waals surface area contributed by atoms with E-state index in [1.54, 1.807) is 0 Å². The van der Waals surface area contributed by atoms with E-state index in [4.69, 9.17) is 10.5 Å². The van der Waals surface area contributed by atoms with Gasteiger partial charge in [-0.15, -0.1) is 0 Å². The van der Waals surface area contributed by atoms with Gasteiger partial charge in [0.15, 0.2) is 0 Å². The number of ether oxygens (including phenoxy) is 1. The highest BCUT2D eigenvalue weighted by atomic mass is 16.5. The van der Waals surface area contributed by atoms with Crippen LogP contribution < -0.4 is 10.6 Å². The van der Waals surface area contributed by atoms with Crippen LogP contribution in [-0.2, 0) is 4.74 Å². The molecule has 1 aromatic heterocycles. The average molecular weight is 235 g/mol. The average Bonchev–Trinajstić information content (AvgIpc) is 2.75. The van der Waals surface area contributed by atoms with Crippen LogP contribution in [0.3, 0.4) is 0 Å². The lowest BCUT2D eigenvalue weighted by Gasteiger charge is -2.37. The molecule has 2 unspecified atom stereocenters. The largest absolute Gasteiger partial charge is 0.374 e. The molecule has 1 saturated heterocycles. The Hall–Kier alpha value is -1.43. The van der Waals surface area contributed by atoms with Crippen molar-refractivity contribution in [3.63, 3.8) is 0 Å². The van der Waals surface area contributed by atoms with Gasteiger partial charge in [-0.1, -0.05) is 0 Å². The lowest BCUT2D eigenvalue weighted by atomic mass is 10.1. The smallest absolute Gasteiger partial charge is 0.230 e. The molecule has 1 saturated carbocycles. The summed E-state index contributed by atoms with van der Waals surface area (Å²) in [6, 6.07) is 0.407. The maximum Gasteiger partial charge on any atom is 0.230 e. The lowest BCUT2D eigenvalue weighted by Crippen LogP contribution is -2.49. The number of fused-ring (bicyclic) bond motifs is 1. The van der Waals surface area contributed by atoms with Crippen LogP contribution in [0, 0.1) is 6.92 Å². The molecule has 2 fully saturated rings. The monoisotopic (exact) mass is 235 g/mol. The number of hydrogen-bond donors (Lipinski definition) is 1. The quantitative estimate of drug-likeness (QED) is 0.764. The van der Waals surface area contributed by atoms with Crippen molar-refractivity contribution in [2.45, 2.75) is 38.3 Å². The summed E-state index contributed by atoms with van der Waals surface area (Å²) in [5.41, 5.74) is 5.68. The number of hydrogen-bond acceptors (Lipinski definition) is 6. The first-order valence-electron chi connectivity index (χ1n) is 6.10. The number of rotatable bonds is 1. The van der Waals surface area contributed by atoms with Crippen LogP contribution in [0.1, 0.15) is 25.1 Å². The molecule has 0 aromatic carbocycles. The Morgan fingerprint density at radius 2 is 2.18 bits per heavy atom. The van der Waals surface area contributed by atoms with Gasteiger partial charge in [-0.05, 0) is 26.2 Å². The second-order valence-corrected chi connectivity index (χ2v) is 4.64. The van der Waals surface area contributed by atoms with Gasteiger partial charge in [0.2, 0.25) is 11.9 Å². The van der Waals surface area contributed by atoms with Gasteiger partial charge < -0.3 is 15.4 Å². The van der Waals surface area contributed by atoms with Gasteiger partial charge in [0.1, 0.15) is 5.82 Å². The molecule has 2 atom stereocenters. The molecule has 1 aliphatic carbocycles. The second kappa shape index (κ2) is 4.10. The fourth-order valence-electron chi connectivity index (χ4n) is 2.79. The first kappa shape index (κ1) is 10.7. The minimum absolute atomic E-state index is 0.300. The number of aromatic nitrogens is 3. The maximum atomic E-state index is 5.77.